The molecule has 0 bridgehead atoms. The second kappa shape index (κ2) is 6.77. The quantitative estimate of drug-likeness (QED) is 0.901. The Hall–Kier alpha value is -1.43. The van der Waals surface area contributed by atoms with Gasteiger partial charge in [-0.3, -0.25) is 0 Å². The largest absolute Gasteiger partial charge is 0.306 e. The normalized spacial score (nSPS) is 13.1. The SMILES string of the molecule is CC(NCc1ccc(F)c(Cl)c1)c1ccc(S(C)(=O)=O)cc1. The molecule has 1 unspecified atom stereocenters. The van der Waals surface area contributed by atoms with E-state index in [9.17, 15) is 12.8 Å². The summed E-state index contributed by atoms with van der Waals surface area (Å²) in [6, 6.07) is 11.4. The summed E-state index contributed by atoms with van der Waals surface area (Å²) < 4.78 is 35.9. The first-order chi connectivity index (χ1) is 10.3. The van der Waals surface area contributed by atoms with Crippen LogP contribution < -0.4 is 5.32 Å². The standard InChI is InChI=1S/C16H17ClFNO2S/c1-11(13-4-6-14(7-5-13)22(2,20)21)19-10-12-3-8-16(18)15(17)9-12/h3-9,11,19H,10H2,1-2H3. The summed E-state index contributed by atoms with van der Waals surface area (Å²) in [5.41, 5.74) is 1.85. The van der Waals surface area contributed by atoms with Crippen LogP contribution in [0.4, 0.5) is 4.39 Å². The Bertz CT molecular complexity index is 760. The number of rotatable bonds is 5. The molecule has 6 heteroatoms. The summed E-state index contributed by atoms with van der Waals surface area (Å²) in [7, 11) is -3.18. The van der Waals surface area contributed by atoms with Crippen molar-refractivity contribution in [2.24, 2.45) is 0 Å². The molecule has 2 rings (SSSR count). The van der Waals surface area contributed by atoms with Crippen molar-refractivity contribution in [3.63, 3.8) is 0 Å². The lowest BCUT2D eigenvalue weighted by atomic mass is 10.1. The minimum Gasteiger partial charge on any atom is -0.306 e. The Morgan fingerprint density at radius 1 is 1.18 bits per heavy atom. The van der Waals surface area contributed by atoms with Gasteiger partial charge in [-0.15, -0.1) is 0 Å². The zero-order chi connectivity index (χ0) is 16.3. The molecule has 22 heavy (non-hydrogen) atoms. The van der Waals surface area contributed by atoms with Gasteiger partial charge in [0.2, 0.25) is 0 Å². The molecule has 0 aliphatic heterocycles. The van der Waals surface area contributed by atoms with Crippen LogP contribution in [0.2, 0.25) is 5.02 Å². The number of hydrogen-bond acceptors (Lipinski definition) is 3. The third-order valence-corrected chi connectivity index (χ3v) is 4.82. The van der Waals surface area contributed by atoms with E-state index in [-0.39, 0.29) is 11.1 Å². The maximum absolute atomic E-state index is 13.1. The van der Waals surface area contributed by atoms with Crippen molar-refractivity contribution in [1.29, 1.82) is 0 Å². The fraction of sp³-hybridized carbons (Fsp3) is 0.250. The molecule has 2 aromatic carbocycles. The third-order valence-electron chi connectivity index (χ3n) is 3.40. The first-order valence-electron chi connectivity index (χ1n) is 6.74. The highest BCUT2D eigenvalue weighted by Gasteiger charge is 2.09. The molecule has 0 heterocycles. The minimum atomic E-state index is -3.18. The maximum atomic E-state index is 13.1. The summed E-state index contributed by atoms with van der Waals surface area (Å²) in [5.74, 6) is -0.435. The van der Waals surface area contributed by atoms with E-state index in [1.165, 1.54) is 12.3 Å². The number of hydrogen-bond donors (Lipinski definition) is 1. The van der Waals surface area contributed by atoms with Gasteiger partial charge in [-0.05, 0) is 42.3 Å². The highest BCUT2D eigenvalue weighted by Crippen LogP contribution is 2.19. The molecule has 1 atom stereocenters. The second-order valence-corrected chi connectivity index (χ2v) is 7.62. The molecule has 0 saturated carbocycles. The molecule has 0 radical (unpaired) electrons. The Labute approximate surface area is 135 Å². The van der Waals surface area contributed by atoms with Crippen molar-refractivity contribution in [3.05, 3.63) is 64.4 Å². The van der Waals surface area contributed by atoms with Gasteiger partial charge in [0.25, 0.3) is 0 Å². The van der Waals surface area contributed by atoms with Crippen molar-refractivity contribution in [2.75, 3.05) is 6.26 Å². The van der Waals surface area contributed by atoms with E-state index in [4.69, 9.17) is 11.6 Å². The van der Waals surface area contributed by atoms with Crippen LogP contribution in [0.25, 0.3) is 0 Å². The zero-order valence-electron chi connectivity index (χ0n) is 12.3. The lowest BCUT2D eigenvalue weighted by Gasteiger charge is -2.15. The molecule has 0 aliphatic carbocycles. The lowest BCUT2D eigenvalue weighted by molar-refractivity contribution is 0.572. The van der Waals surface area contributed by atoms with E-state index in [0.29, 0.717) is 11.4 Å². The maximum Gasteiger partial charge on any atom is 0.175 e. The monoisotopic (exact) mass is 341 g/mol. The van der Waals surface area contributed by atoms with Gasteiger partial charge in [0.15, 0.2) is 9.84 Å². The van der Waals surface area contributed by atoms with Gasteiger partial charge >= 0.3 is 0 Å². The van der Waals surface area contributed by atoms with Gasteiger partial charge in [0, 0.05) is 18.8 Å². The van der Waals surface area contributed by atoms with Gasteiger partial charge in [-0.25, -0.2) is 12.8 Å². The predicted octanol–water partition coefficient (Wildman–Crippen LogP) is 3.73. The lowest BCUT2D eigenvalue weighted by Crippen LogP contribution is -2.18. The van der Waals surface area contributed by atoms with Crippen LogP contribution in [0.3, 0.4) is 0 Å². The Morgan fingerprint density at radius 3 is 2.36 bits per heavy atom. The predicted molar refractivity (Wildman–Crippen MR) is 86.2 cm³/mol. The van der Waals surface area contributed by atoms with E-state index in [1.54, 1.807) is 36.4 Å². The summed E-state index contributed by atoms with van der Waals surface area (Å²) in [6.07, 6.45) is 1.18. The van der Waals surface area contributed by atoms with Crippen molar-refractivity contribution in [2.45, 2.75) is 24.4 Å². The minimum absolute atomic E-state index is 0.0254. The molecular weight excluding hydrogens is 325 g/mol. The van der Waals surface area contributed by atoms with Crippen LogP contribution in [0.1, 0.15) is 24.1 Å². The highest BCUT2D eigenvalue weighted by atomic mass is 35.5. The van der Waals surface area contributed by atoms with Gasteiger partial charge in [-0.2, -0.15) is 0 Å². The first-order valence-corrected chi connectivity index (χ1v) is 9.01. The number of nitrogens with one attached hydrogen (secondary N) is 1. The fourth-order valence-corrected chi connectivity index (χ4v) is 2.88. The summed E-state index contributed by atoms with van der Waals surface area (Å²) in [6.45, 7) is 2.51. The van der Waals surface area contributed by atoms with Gasteiger partial charge in [0.1, 0.15) is 5.82 Å². The molecule has 3 nitrogen and oxygen atoms in total. The topological polar surface area (TPSA) is 46.2 Å². The second-order valence-electron chi connectivity index (χ2n) is 5.19. The summed E-state index contributed by atoms with van der Waals surface area (Å²) >= 11 is 5.75. The molecule has 0 spiro atoms. The van der Waals surface area contributed by atoms with Crippen LogP contribution in [0.15, 0.2) is 47.4 Å². The van der Waals surface area contributed by atoms with E-state index in [0.717, 1.165) is 11.1 Å². The summed E-state index contributed by atoms with van der Waals surface area (Å²) in [5, 5.41) is 3.39. The first kappa shape index (κ1) is 16.9. The van der Waals surface area contributed by atoms with Crippen LogP contribution in [0, 0.1) is 5.82 Å². The van der Waals surface area contributed by atoms with Crippen LogP contribution in [-0.4, -0.2) is 14.7 Å². The van der Waals surface area contributed by atoms with Crippen molar-refractivity contribution >= 4 is 21.4 Å². The third kappa shape index (κ3) is 4.29. The van der Waals surface area contributed by atoms with E-state index in [2.05, 4.69) is 5.32 Å². The van der Waals surface area contributed by atoms with Crippen molar-refractivity contribution in [1.82, 2.24) is 5.32 Å². The smallest absolute Gasteiger partial charge is 0.175 e. The van der Waals surface area contributed by atoms with Gasteiger partial charge in [0.05, 0.1) is 9.92 Å². The average molecular weight is 342 g/mol. The molecular formula is C16H17ClFNO2S. The fourth-order valence-electron chi connectivity index (χ4n) is 2.04. The Kier molecular flexibility index (Phi) is 5.21. The molecule has 2 aromatic rings. The number of halogens is 2. The molecule has 0 saturated heterocycles. The molecule has 0 fully saturated rings. The van der Waals surface area contributed by atoms with Crippen LogP contribution in [-0.2, 0) is 16.4 Å². The molecule has 1 N–H and O–H groups in total. The molecule has 0 aliphatic rings. The molecule has 0 amide bonds. The van der Waals surface area contributed by atoms with Gasteiger partial charge in [-0.1, -0.05) is 29.8 Å². The van der Waals surface area contributed by atoms with Crippen LogP contribution >= 0.6 is 11.6 Å². The average Bonchev–Trinajstić information content (AvgIpc) is 2.47. The Morgan fingerprint density at radius 2 is 1.82 bits per heavy atom. The van der Waals surface area contributed by atoms with E-state index in [1.807, 2.05) is 6.92 Å². The summed E-state index contributed by atoms with van der Waals surface area (Å²) in [4.78, 5) is 0.300. The van der Waals surface area contributed by atoms with Crippen molar-refractivity contribution in [3.8, 4) is 0 Å². The van der Waals surface area contributed by atoms with Gasteiger partial charge < -0.3 is 5.32 Å². The number of benzene rings is 2. The number of sulfone groups is 1. The Balaban J connectivity index is 2.03. The van der Waals surface area contributed by atoms with E-state index < -0.39 is 15.7 Å². The van der Waals surface area contributed by atoms with Crippen LogP contribution in [0.5, 0.6) is 0 Å². The molecule has 118 valence electrons. The van der Waals surface area contributed by atoms with Crippen molar-refractivity contribution < 1.29 is 12.8 Å². The van der Waals surface area contributed by atoms with E-state index >= 15 is 0 Å². The molecule has 0 aromatic heterocycles. The highest BCUT2D eigenvalue weighted by molar-refractivity contribution is 7.90. The zero-order valence-corrected chi connectivity index (χ0v) is 13.9.